The molecule has 1 N–H and O–H groups in total. The highest BCUT2D eigenvalue weighted by Gasteiger charge is 2.46. The number of hydrogen-bond acceptors (Lipinski definition) is 4. The minimum atomic E-state index is -0.477. The van der Waals surface area contributed by atoms with Crippen molar-refractivity contribution < 1.29 is 4.79 Å². The van der Waals surface area contributed by atoms with Gasteiger partial charge in [-0.05, 0) is 51.4 Å². The summed E-state index contributed by atoms with van der Waals surface area (Å²) in [5, 5.41) is 7.80. The van der Waals surface area contributed by atoms with E-state index >= 15 is 0 Å². The highest BCUT2D eigenvalue weighted by molar-refractivity contribution is 5.85. The van der Waals surface area contributed by atoms with Crippen molar-refractivity contribution in [1.82, 2.24) is 24.9 Å². The Bertz CT molecular complexity index is 523. The van der Waals surface area contributed by atoms with Gasteiger partial charge in [0.1, 0.15) is 5.54 Å². The molecular weight excluding hydrogens is 278 g/mol. The maximum absolute atomic E-state index is 13.4. The Kier molecular flexibility index (Phi) is 3.66. The molecule has 4 rings (SSSR count). The number of nitrogens with zero attached hydrogens (tertiary/aromatic N) is 4. The third-order valence-corrected chi connectivity index (χ3v) is 5.65. The summed E-state index contributed by atoms with van der Waals surface area (Å²) in [7, 11) is 0. The van der Waals surface area contributed by atoms with Crippen LogP contribution in [0.15, 0.2) is 18.5 Å². The van der Waals surface area contributed by atoms with Gasteiger partial charge in [0.05, 0.1) is 0 Å². The van der Waals surface area contributed by atoms with E-state index in [1.165, 1.54) is 19.4 Å². The molecule has 0 bridgehead atoms. The number of carbonyl (C=O) groups excluding carboxylic acids is 1. The number of fused-ring (bicyclic) bond motifs is 1. The topological polar surface area (TPSA) is 53.4 Å². The van der Waals surface area contributed by atoms with Crippen LogP contribution < -0.4 is 5.32 Å². The van der Waals surface area contributed by atoms with Crippen LogP contribution in [0.4, 0.5) is 0 Å². The van der Waals surface area contributed by atoms with Gasteiger partial charge in [0.15, 0.2) is 0 Å². The first-order valence-electron chi connectivity index (χ1n) is 8.54. The van der Waals surface area contributed by atoms with Gasteiger partial charge in [-0.25, -0.2) is 0 Å². The summed E-state index contributed by atoms with van der Waals surface area (Å²) in [6.45, 7) is 5.77. The van der Waals surface area contributed by atoms with Crippen molar-refractivity contribution in [3.8, 4) is 0 Å². The number of amides is 1. The summed E-state index contributed by atoms with van der Waals surface area (Å²) in [5.41, 5.74) is -0.477. The van der Waals surface area contributed by atoms with Crippen molar-refractivity contribution in [3.05, 3.63) is 18.5 Å². The van der Waals surface area contributed by atoms with E-state index in [9.17, 15) is 4.79 Å². The highest BCUT2D eigenvalue weighted by Crippen LogP contribution is 2.31. The molecule has 3 aliphatic rings. The minimum absolute atomic E-state index is 0.282. The van der Waals surface area contributed by atoms with Gasteiger partial charge in [0.25, 0.3) is 5.91 Å². The highest BCUT2D eigenvalue weighted by atomic mass is 16.2. The smallest absolute Gasteiger partial charge is 0.250 e. The molecule has 120 valence electrons. The lowest BCUT2D eigenvalue weighted by atomic mass is 9.86. The van der Waals surface area contributed by atoms with Crippen molar-refractivity contribution in [3.63, 3.8) is 0 Å². The van der Waals surface area contributed by atoms with Gasteiger partial charge in [0.2, 0.25) is 0 Å². The predicted molar refractivity (Wildman–Crippen MR) is 83.5 cm³/mol. The Labute approximate surface area is 131 Å². The molecule has 1 aromatic rings. The van der Waals surface area contributed by atoms with Gasteiger partial charge in [0, 0.05) is 38.1 Å². The standard InChI is InChI=1S/C16H25N5O/c22-15(20-12-11-19-9-1-3-14(19)13-20)16(4-7-17-8-5-16)21-10-2-6-18-21/h2,6,10,14,17H,1,3-5,7-9,11-13H2. The fourth-order valence-corrected chi connectivity index (χ4v) is 4.37. The zero-order valence-corrected chi connectivity index (χ0v) is 13.1. The van der Waals surface area contributed by atoms with Crippen molar-refractivity contribution >= 4 is 5.91 Å². The summed E-state index contributed by atoms with van der Waals surface area (Å²) in [6.07, 6.45) is 7.92. The third-order valence-electron chi connectivity index (χ3n) is 5.65. The Balaban J connectivity index is 1.58. The maximum Gasteiger partial charge on any atom is 0.250 e. The summed E-state index contributed by atoms with van der Waals surface area (Å²) >= 11 is 0. The normalized spacial score (nSPS) is 28.5. The Hall–Kier alpha value is -1.40. The predicted octanol–water partition coefficient (Wildman–Crippen LogP) is 0.268. The molecule has 0 saturated carbocycles. The lowest BCUT2D eigenvalue weighted by Crippen LogP contribution is -2.60. The van der Waals surface area contributed by atoms with Gasteiger partial charge in [-0.3, -0.25) is 14.4 Å². The van der Waals surface area contributed by atoms with E-state index in [-0.39, 0.29) is 5.91 Å². The molecule has 22 heavy (non-hydrogen) atoms. The van der Waals surface area contributed by atoms with Crippen LogP contribution in [-0.2, 0) is 10.3 Å². The van der Waals surface area contributed by atoms with Gasteiger partial charge >= 0.3 is 0 Å². The number of hydrogen-bond donors (Lipinski definition) is 1. The van der Waals surface area contributed by atoms with Crippen LogP contribution in [0.3, 0.4) is 0 Å². The number of aromatic nitrogens is 2. The third kappa shape index (κ3) is 2.25. The molecule has 1 aromatic heterocycles. The summed E-state index contributed by atoms with van der Waals surface area (Å²) < 4.78 is 1.91. The van der Waals surface area contributed by atoms with E-state index in [0.717, 1.165) is 45.6 Å². The Morgan fingerprint density at radius 3 is 2.86 bits per heavy atom. The molecule has 1 unspecified atom stereocenters. The molecule has 3 fully saturated rings. The monoisotopic (exact) mass is 303 g/mol. The van der Waals surface area contributed by atoms with E-state index in [1.54, 1.807) is 6.20 Å². The quantitative estimate of drug-likeness (QED) is 0.852. The summed E-state index contributed by atoms with van der Waals surface area (Å²) in [4.78, 5) is 18.0. The second-order valence-corrected chi connectivity index (χ2v) is 6.82. The first kappa shape index (κ1) is 14.2. The molecule has 0 radical (unpaired) electrons. The molecule has 4 heterocycles. The number of carbonyl (C=O) groups is 1. The number of piperidine rings is 1. The average molecular weight is 303 g/mol. The number of nitrogens with one attached hydrogen (secondary N) is 1. The van der Waals surface area contributed by atoms with Gasteiger partial charge in [-0.2, -0.15) is 5.10 Å². The zero-order valence-electron chi connectivity index (χ0n) is 13.1. The minimum Gasteiger partial charge on any atom is -0.338 e. The van der Waals surface area contributed by atoms with Crippen LogP contribution >= 0.6 is 0 Å². The van der Waals surface area contributed by atoms with E-state index in [0.29, 0.717) is 6.04 Å². The molecule has 0 spiro atoms. The van der Waals surface area contributed by atoms with E-state index < -0.39 is 5.54 Å². The fraction of sp³-hybridized carbons (Fsp3) is 0.750. The first-order chi connectivity index (χ1) is 10.8. The molecule has 6 nitrogen and oxygen atoms in total. The van der Waals surface area contributed by atoms with Crippen LogP contribution in [0.5, 0.6) is 0 Å². The van der Waals surface area contributed by atoms with Crippen LogP contribution in [0.1, 0.15) is 25.7 Å². The SMILES string of the molecule is O=C(N1CCN2CCCC2C1)C1(n2cccn2)CCNCC1. The molecule has 1 atom stereocenters. The largest absolute Gasteiger partial charge is 0.338 e. The fourth-order valence-electron chi connectivity index (χ4n) is 4.37. The molecule has 6 heteroatoms. The van der Waals surface area contributed by atoms with Gasteiger partial charge in [-0.15, -0.1) is 0 Å². The average Bonchev–Trinajstić information content (AvgIpc) is 3.25. The maximum atomic E-state index is 13.4. The van der Waals surface area contributed by atoms with Crippen LogP contribution in [0.2, 0.25) is 0 Å². The molecule has 0 aromatic carbocycles. The lowest BCUT2D eigenvalue weighted by molar-refractivity contribution is -0.145. The van der Waals surface area contributed by atoms with Crippen molar-refractivity contribution in [2.75, 3.05) is 39.3 Å². The van der Waals surface area contributed by atoms with Crippen LogP contribution in [-0.4, -0.2) is 70.8 Å². The van der Waals surface area contributed by atoms with Crippen molar-refractivity contribution in [2.45, 2.75) is 37.3 Å². The second kappa shape index (κ2) is 5.66. The Morgan fingerprint density at radius 1 is 1.23 bits per heavy atom. The van der Waals surface area contributed by atoms with E-state index in [4.69, 9.17) is 0 Å². The van der Waals surface area contributed by atoms with Crippen molar-refractivity contribution in [2.24, 2.45) is 0 Å². The molecular formula is C16H25N5O. The van der Waals surface area contributed by atoms with Crippen LogP contribution in [0.25, 0.3) is 0 Å². The van der Waals surface area contributed by atoms with Crippen LogP contribution in [0, 0.1) is 0 Å². The zero-order chi connectivity index (χ0) is 15.0. The lowest BCUT2D eigenvalue weighted by Gasteiger charge is -2.44. The van der Waals surface area contributed by atoms with E-state index in [1.807, 2.05) is 16.9 Å². The molecule has 3 saturated heterocycles. The number of rotatable bonds is 2. The van der Waals surface area contributed by atoms with Gasteiger partial charge < -0.3 is 10.2 Å². The summed E-state index contributed by atoms with van der Waals surface area (Å²) in [6, 6.07) is 2.50. The first-order valence-corrected chi connectivity index (χ1v) is 8.54. The number of piperazine rings is 1. The summed E-state index contributed by atoms with van der Waals surface area (Å²) in [5.74, 6) is 0.282. The molecule has 3 aliphatic heterocycles. The molecule has 1 amide bonds. The molecule has 0 aliphatic carbocycles. The Morgan fingerprint density at radius 2 is 2.09 bits per heavy atom. The van der Waals surface area contributed by atoms with Crippen molar-refractivity contribution in [1.29, 1.82) is 0 Å². The second-order valence-electron chi connectivity index (χ2n) is 6.82. The van der Waals surface area contributed by atoms with E-state index in [2.05, 4.69) is 20.2 Å². The van der Waals surface area contributed by atoms with Gasteiger partial charge in [-0.1, -0.05) is 0 Å².